The molecule has 0 aromatic carbocycles. The summed E-state index contributed by atoms with van der Waals surface area (Å²) in [5.74, 6) is 1.07. The highest BCUT2D eigenvalue weighted by atomic mass is 16.5. The summed E-state index contributed by atoms with van der Waals surface area (Å²) < 4.78 is 5.64. The zero-order valence-corrected chi connectivity index (χ0v) is 8.35. The average Bonchev–Trinajstić information content (AvgIpc) is 2.26. The molecule has 0 spiro atoms. The first-order chi connectivity index (χ1) is 6.93. The van der Waals surface area contributed by atoms with Crippen LogP contribution in [0.2, 0.25) is 0 Å². The molecule has 0 aliphatic carbocycles. The van der Waals surface area contributed by atoms with Gasteiger partial charge < -0.3 is 14.5 Å². The van der Waals surface area contributed by atoms with Crippen molar-refractivity contribution in [3.05, 3.63) is 24.4 Å². The van der Waals surface area contributed by atoms with Gasteiger partial charge in [0.2, 0.25) is 5.88 Å². The Balaban J connectivity index is 1.86. The number of allylic oxidation sites excluding steroid dienone is 1. The molecule has 76 valence electrons. The largest absolute Gasteiger partial charge is 0.478 e. The lowest BCUT2D eigenvalue weighted by atomic mass is 10.0. The monoisotopic (exact) mass is 192 g/mol. The van der Waals surface area contributed by atoms with E-state index in [0.29, 0.717) is 6.04 Å². The zero-order chi connectivity index (χ0) is 9.38. The van der Waals surface area contributed by atoms with Crippen molar-refractivity contribution in [2.45, 2.75) is 25.3 Å². The Hall–Kier alpha value is -1.12. The first-order valence-corrected chi connectivity index (χ1v) is 5.47. The maximum absolute atomic E-state index is 5.64. The van der Waals surface area contributed by atoms with Crippen LogP contribution >= 0.6 is 0 Å². The molecule has 3 nitrogen and oxygen atoms in total. The van der Waals surface area contributed by atoms with Crippen molar-refractivity contribution in [1.29, 1.82) is 0 Å². The van der Waals surface area contributed by atoms with Crippen LogP contribution in [0.15, 0.2) is 24.4 Å². The van der Waals surface area contributed by atoms with Gasteiger partial charge in [-0.25, -0.2) is 0 Å². The second kappa shape index (κ2) is 3.23. The number of hydrogen-bond donors (Lipinski definition) is 0. The van der Waals surface area contributed by atoms with Crippen molar-refractivity contribution in [2.75, 3.05) is 19.7 Å². The number of fused-ring (bicyclic) bond motifs is 2. The molecule has 0 aromatic rings. The fourth-order valence-electron chi connectivity index (χ4n) is 2.41. The predicted molar refractivity (Wildman–Crippen MR) is 54.2 cm³/mol. The van der Waals surface area contributed by atoms with Crippen LogP contribution in [0.5, 0.6) is 0 Å². The lowest BCUT2D eigenvalue weighted by Crippen LogP contribution is -2.47. The van der Waals surface area contributed by atoms with Gasteiger partial charge in [-0.05, 0) is 19.3 Å². The molecule has 3 heteroatoms. The quantitative estimate of drug-likeness (QED) is 0.578. The van der Waals surface area contributed by atoms with Gasteiger partial charge in [0.05, 0.1) is 18.8 Å². The normalized spacial score (nSPS) is 30.3. The third-order valence-electron chi connectivity index (χ3n) is 3.19. The van der Waals surface area contributed by atoms with Crippen LogP contribution in [0.1, 0.15) is 19.3 Å². The molecular weight excluding hydrogens is 176 g/mol. The first kappa shape index (κ1) is 8.21. The molecule has 1 fully saturated rings. The van der Waals surface area contributed by atoms with E-state index in [-0.39, 0.29) is 0 Å². The third-order valence-corrected chi connectivity index (χ3v) is 3.19. The van der Waals surface area contributed by atoms with E-state index < -0.39 is 0 Å². The summed E-state index contributed by atoms with van der Waals surface area (Å²) in [6.07, 6.45) is 10.3. The van der Waals surface area contributed by atoms with Crippen molar-refractivity contribution in [3.63, 3.8) is 0 Å². The minimum atomic E-state index is 0.672. The Labute approximate surface area is 84.6 Å². The van der Waals surface area contributed by atoms with E-state index in [2.05, 4.69) is 28.3 Å². The highest BCUT2D eigenvalue weighted by Crippen LogP contribution is 2.26. The molecule has 3 aliphatic rings. The summed E-state index contributed by atoms with van der Waals surface area (Å²) >= 11 is 0. The number of nitrogens with zero attached hydrogens (tertiary/aromatic N) is 2. The standard InChI is InChI=1S/C11H16N2O/c1-2-5-12-9-11-13(6-3-7-14-11)8-10(12)4-1/h2,5,9-10H,1,3-4,6-8H2. The topological polar surface area (TPSA) is 15.7 Å². The lowest BCUT2D eigenvalue weighted by molar-refractivity contribution is 0.0288. The van der Waals surface area contributed by atoms with E-state index >= 15 is 0 Å². The van der Waals surface area contributed by atoms with Gasteiger partial charge in [0.1, 0.15) is 0 Å². The van der Waals surface area contributed by atoms with E-state index in [1.807, 2.05) is 0 Å². The molecule has 0 N–H and O–H groups in total. The number of ether oxygens (including phenoxy) is 1. The van der Waals surface area contributed by atoms with Crippen LogP contribution in [-0.2, 0) is 4.74 Å². The molecule has 1 atom stereocenters. The third kappa shape index (κ3) is 1.27. The van der Waals surface area contributed by atoms with Gasteiger partial charge in [-0.3, -0.25) is 0 Å². The zero-order valence-electron chi connectivity index (χ0n) is 8.35. The fraction of sp³-hybridized carbons (Fsp3) is 0.636. The number of hydrogen-bond acceptors (Lipinski definition) is 3. The Bertz CT molecular complexity index is 285. The van der Waals surface area contributed by atoms with Gasteiger partial charge in [0.15, 0.2) is 0 Å². The lowest BCUT2D eigenvalue weighted by Gasteiger charge is -2.43. The molecular formula is C11H16N2O. The van der Waals surface area contributed by atoms with Crippen LogP contribution in [-0.4, -0.2) is 35.5 Å². The second-order valence-corrected chi connectivity index (χ2v) is 4.18. The van der Waals surface area contributed by atoms with E-state index in [9.17, 15) is 0 Å². The molecule has 0 aromatic heterocycles. The molecule has 3 heterocycles. The Morgan fingerprint density at radius 2 is 2.43 bits per heavy atom. The molecule has 0 saturated carbocycles. The summed E-state index contributed by atoms with van der Waals surface area (Å²) in [4.78, 5) is 4.69. The second-order valence-electron chi connectivity index (χ2n) is 4.18. The molecule has 0 bridgehead atoms. The maximum Gasteiger partial charge on any atom is 0.206 e. The van der Waals surface area contributed by atoms with Gasteiger partial charge in [0.25, 0.3) is 0 Å². The van der Waals surface area contributed by atoms with Crippen LogP contribution in [0.25, 0.3) is 0 Å². The van der Waals surface area contributed by atoms with E-state index in [0.717, 1.165) is 19.0 Å². The van der Waals surface area contributed by atoms with Crippen molar-refractivity contribution in [2.24, 2.45) is 0 Å². The SMILES string of the molecule is C1=CN2C=C3OCCCN3CC2CC1. The summed E-state index contributed by atoms with van der Waals surface area (Å²) in [5.41, 5.74) is 0. The number of rotatable bonds is 0. The van der Waals surface area contributed by atoms with Crippen molar-refractivity contribution >= 4 is 0 Å². The molecule has 0 amide bonds. The van der Waals surface area contributed by atoms with Gasteiger partial charge in [0, 0.05) is 19.3 Å². The summed E-state index contributed by atoms with van der Waals surface area (Å²) in [6.45, 7) is 3.18. The fourth-order valence-corrected chi connectivity index (χ4v) is 2.41. The van der Waals surface area contributed by atoms with Crippen molar-refractivity contribution in [3.8, 4) is 0 Å². The van der Waals surface area contributed by atoms with Crippen LogP contribution in [0.4, 0.5) is 0 Å². The molecule has 1 saturated heterocycles. The minimum Gasteiger partial charge on any atom is -0.478 e. The molecule has 3 aliphatic heterocycles. The van der Waals surface area contributed by atoms with E-state index in [1.54, 1.807) is 0 Å². The van der Waals surface area contributed by atoms with Gasteiger partial charge >= 0.3 is 0 Å². The van der Waals surface area contributed by atoms with Crippen LogP contribution in [0.3, 0.4) is 0 Å². The van der Waals surface area contributed by atoms with E-state index in [4.69, 9.17) is 4.74 Å². The molecule has 1 unspecified atom stereocenters. The average molecular weight is 192 g/mol. The molecule has 3 rings (SSSR count). The van der Waals surface area contributed by atoms with Gasteiger partial charge in [-0.2, -0.15) is 0 Å². The van der Waals surface area contributed by atoms with Crippen molar-refractivity contribution in [1.82, 2.24) is 9.80 Å². The highest BCUT2D eigenvalue weighted by molar-refractivity contribution is 5.09. The maximum atomic E-state index is 5.64. The van der Waals surface area contributed by atoms with Crippen molar-refractivity contribution < 1.29 is 4.74 Å². The Morgan fingerprint density at radius 3 is 3.43 bits per heavy atom. The Morgan fingerprint density at radius 1 is 1.43 bits per heavy atom. The first-order valence-electron chi connectivity index (χ1n) is 5.47. The smallest absolute Gasteiger partial charge is 0.206 e. The Kier molecular flexibility index (Phi) is 1.89. The minimum absolute atomic E-state index is 0.672. The van der Waals surface area contributed by atoms with E-state index in [1.165, 1.54) is 25.8 Å². The summed E-state index contributed by atoms with van der Waals surface area (Å²) in [7, 11) is 0. The van der Waals surface area contributed by atoms with Crippen LogP contribution < -0.4 is 0 Å². The highest BCUT2D eigenvalue weighted by Gasteiger charge is 2.29. The van der Waals surface area contributed by atoms with Gasteiger partial charge in [-0.1, -0.05) is 6.08 Å². The summed E-state index contributed by atoms with van der Waals surface area (Å²) in [5, 5.41) is 0. The molecule has 14 heavy (non-hydrogen) atoms. The molecule has 0 radical (unpaired) electrons. The predicted octanol–water partition coefficient (Wildman–Crippen LogP) is 1.50. The van der Waals surface area contributed by atoms with Gasteiger partial charge in [-0.15, -0.1) is 0 Å². The van der Waals surface area contributed by atoms with Crippen LogP contribution in [0, 0.1) is 0 Å². The summed E-state index contributed by atoms with van der Waals surface area (Å²) in [6, 6.07) is 0.672.